The first-order valence-corrected chi connectivity index (χ1v) is 14.9. The molecule has 1 atom stereocenters. The topological polar surface area (TPSA) is 132 Å². The lowest BCUT2D eigenvalue weighted by Crippen LogP contribution is -2.50. The maximum Gasteiger partial charge on any atom is 0.219 e. The number of fused-ring (bicyclic) bond motifs is 3. The second kappa shape index (κ2) is 11.7. The number of carbonyl (C=O) groups excluding carboxylic acids is 1. The molecule has 0 bridgehead atoms. The number of ether oxygens (including phenoxy) is 2. The van der Waals surface area contributed by atoms with Crippen molar-refractivity contribution >= 4 is 22.5 Å². The van der Waals surface area contributed by atoms with Crippen molar-refractivity contribution in [3.63, 3.8) is 0 Å². The molecule has 1 unspecified atom stereocenters. The summed E-state index contributed by atoms with van der Waals surface area (Å²) in [7, 11) is 0. The molecule has 0 aliphatic carbocycles. The number of nitrogens with one attached hydrogen (secondary N) is 1. The summed E-state index contributed by atoms with van der Waals surface area (Å²) in [4.78, 5) is 23.6. The van der Waals surface area contributed by atoms with Crippen molar-refractivity contribution in [3.05, 3.63) is 94.4 Å². The fraction of sp³-hybridized carbons (Fsp3) is 0.303. The molecule has 0 saturated carbocycles. The van der Waals surface area contributed by atoms with Gasteiger partial charge in [0.2, 0.25) is 17.4 Å². The molecule has 2 aliphatic heterocycles. The Bertz CT molecular complexity index is 1890. The number of aliphatic hydroxyl groups is 1. The molecule has 0 radical (unpaired) electrons. The Morgan fingerprint density at radius 2 is 1.93 bits per heavy atom. The lowest BCUT2D eigenvalue weighted by molar-refractivity contribution is -0.00412. The first-order chi connectivity index (χ1) is 21.8. The molecule has 5 heterocycles. The zero-order chi connectivity index (χ0) is 31.2. The Morgan fingerprint density at radius 1 is 1.16 bits per heavy atom. The Kier molecular flexibility index (Phi) is 7.56. The van der Waals surface area contributed by atoms with Crippen LogP contribution in [0.4, 0.5) is 14.6 Å². The highest BCUT2D eigenvalue weighted by molar-refractivity contribution is 6.12. The van der Waals surface area contributed by atoms with E-state index in [2.05, 4.69) is 26.0 Å². The number of nitrogen functional groups attached to an aromatic ring is 1. The van der Waals surface area contributed by atoms with Gasteiger partial charge in [0.15, 0.2) is 11.6 Å². The molecule has 12 heteroatoms. The minimum Gasteiger partial charge on any atom is -0.433 e. The molecule has 5 aromatic rings. The summed E-state index contributed by atoms with van der Waals surface area (Å²) in [5.74, 6) is -2.44. The highest BCUT2D eigenvalue weighted by Gasteiger charge is 2.33. The van der Waals surface area contributed by atoms with Gasteiger partial charge < -0.3 is 25.3 Å². The number of pyridine rings is 1. The van der Waals surface area contributed by atoms with Crippen molar-refractivity contribution in [2.24, 2.45) is 0 Å². The molecule has 0 spiro atoms. The van der Waals surface area contributed by atoms with Gasteiger partial charge in [-0.05, 0) is 67.1 Å². The van der Waals surface area contributed by atoms with Crippen LogP contribution in [0, 0.1) is 18.6 Å². The minimum absolute atomic E-state index is 0.00983. The largest absolute Gasteiger partial charge is 0.433 e. The van der Waals surface area contributed by atoms with Gasteiger partial charge in [-0.3, -0.25) is 9.69 Å². The van der Waals surface area contributed by atoms with Crippen molar-refractivity contribution in [1.29, 1.82) is 0 Å². The summed E-state index contributed by atoms with van der Waals surface area (Å²) in [5, 5.41) is 15.5. The van der Waals surface area contributed by atoms with Gasteiger partial charge in [-0.2, -0.15) is 5.10 Å². The standard InChI is InChI=1S/C33H32F2N6O4/c1-18-11-30(45-32-25(34)3-2-4-26(32)35)37-15-29(18)41-33(36)23(14-38-41)31(43)28-13-22-24-16-40(20-7-9-44-10-8-20)21(17-42)12-19(24)5-6-27(22)39-28/h2-6,11,13-15,20-21,39,42H,7-10,12,16-17,36H2,1H3. The van der Waals surface area contributed by atoms with Crippen molar-refractivity contribution in [2.75, 3.05) is 25.6 Å². The van der Waals surface area contributed by atoms with Crippen molar-refractivity contribution < 1.29 is 28.2 Å². The molecule has 10 nitrogen and oxygen atoms in total. The number of anilines is 1. The monoisotopic (exact) mass is 614 g/mol. The third-order valence-corrected chi connectivity index (χ3v) is 8.86. The van der Waals surface area contributed by atoms with E-state index < -0.39 is 17.4 Å². The maximum atomic E-state index is 14.1. The van der Waals surface area contributed by atoms with Crippen molar-refractivity contribution in [1.82, 2.24) is 24.6 Å². The Morgan fingerprint density at radius 3 is 2.67 bits per heavy atom. The summed E-state index contributed by atoms with van der Waals surface area (Å²) in [6, 6.07) is 11.2. The number of nitrogens with two attached hydrogens (primary N) is 1. The summed E-state index contributed by atoms with van der Waals surface area (Å²) < 4.78 is 40.4. The molecule has 7 rings (SSSR count). The van der Waals surface area contributed by atoms with Crippen LogP contribution in [0.3, 0.4) is 0 Å². The molecule has 2 aromatic carbocycles. The van der Waals surface area contributed by atoms with Crippen LogP contribution in [-0.2, 0) is 17.7 Å². The van der Waals surface area contributed by atoms with Gasteiger partial charge >= 0.3 is 0 Å². The van der Waals surface area contributed by atoms with Gasteiger partial charge in [0, 0.05) is 48.8 Å². The number of hydrogen-bond acceptors (Lipinski definition) is 8. The Labute approximate surface area is 257 Å². The second-order valence-electron chi connectivity index (χ2n) is 11.6. The lowest BCUT2D eigenvalue weighted by atomic mass is 9.89. The minimum atomic E-state index is -0.846. The van der Waals surface area contributed by atoms with Crippen LogP contribution in [0.15, 0.2) is 54.9 Å². The number of aromatic nitrogens is 4. The molecule has 1 fully saturated rings. The van der Waals surface area contributed by atoms with Crippen LogP contribution in [0.2, 0.25) is 0 Å². The number of nitrogens with zero attached hydrogens (tertiary/aromatic N) is 4. The molecule has 3 aromatic heterocycles. The summed E-state index contributed by atoms with van der Waals surface area (Å²) in [6.45, 7) is 3.95. The van der Waals surface area contributed by atoms with Crippen molar-refractivity contribution in [2.45, 2.75) is 44.8 Å². The number of para-hydroxylation sites is 1. The fourth-order valence-corrected chi connectivity index (χ4v) is 6.46. The number of benzene rings is 2. The smallest absolute Gasteiger partial charge is 0.219 e. The molecule has 1 saturated heterocycles. The van der Waals surface area contributed by atoms with Gasteiger partial charge in [0.25, 0.3) is 0 Å². The SMILES string of the molecule is Cc1cc(Oc2c(F)cccc2F)ncc1-n1ncc(C(=O)c2cc3c4c(ccc3[nH]2)CC(CO)N(C2CCOCC2)C4)c1N. The number of hydrogen-bond donors (Lipinski definition) is 3. The number of halogens is 2. The first-order valence-electron chi connectivity index (χ1n) is 14.9. The van der Waals surface area contributed by atoms with Crippen LogP contribution in [0.1, 0.15) is 45.6 Å². The summed E-state index contributed by atoms with van der Waals surface area (Å²) >= 11 is 0. The van der Waals surface area contributed by atoms with Crippen LogP contribution in [0.5, 0.6) is 11.6 Å². The number of aromatic amines is 1. The van der Waals surface area contributed by atoms with E-state index >= 15 is 0 Å². The van der Waals surface area contributed by atoms with Gasteiger partial charge in [-0.25, -0.2) is 18.4 Å². The molecular weight excluding hydrogens is 582 g/mol. The predicted molar refractivity (Wildman–Crippen MR) is 163 cm³/mol. The molecule has 232 valence electrons. The Balaban J connectivity index is 1.16. The summed E-state index contributed by atoms with van der Waals surface area (Å²) in [5.41, 5.74) is 11.3. The number of rotatable bonds is 7. The average Bonchev–Trinajstić information content (AvgIpc) is 3.66. The molecular formula is C33H32F2N6O4. The zero-order valence-corrected chi connectivity index (χ0v) is 24.6. The van der Waals surface area contributed by atoms with Crippen LogP contribution >= 0.6 is 0 Å². The van der Waals surface area contributed by atoms with Gasteiger partial charge in [-0.1, -0.05) is 12.1 Å². The quantitative estimate of drug-likeness (QED) is 0.222. The third kappa shape index (κ3) is 5.24. The molecule has 0 amide bonds. The van der Waals surface area contributed by atoms with E-state index in [4.69, 9.17) is 15.2 Å². The maximum absolute atomic E-state index is 14.1. The highest BCUT2D eigenvalue weighted by atomic mass is 19.1. The number of carbonyl (C=O) groups is 1. The first kappa shape index (κ1) is 29.1. The predicted octanol–water partition coefficient (Wildman–Crippen LogP) is 4.84. The van der Waals surface area contributed by atoms with Gasteiger partial charge in [-0.15, -0.1) is 0 Å². The van der Waals surface area contributed by atoms with Gasteiger partial charge in [0.1, 0.15) is 5.82 Å². The van der Waals surface area contributed by atoms with E-state index in [0.717, 1.165) is 61.1 Å². The second-order valence-corrected chi connectivity index (χ2v) is 11.6. The summed E-state index contributed by atoms with van der Waals surface area (Å²) in [6.07, 6.45) is 5.42. The van der Waals surface area contributed by atoms with E-state index in [0.29, 0.717) is 29.5 Å². The van der Waals surface area contributed by atoms with Crippen LogP contribution in [0.25, 0.3) is 16.6 Å². The number of aliphatic hydroxyl groups excluding tert-OH is 1. The Hall–Kier alpha value is -4.65. The molecule has 4 N–H and O–H groups in total. The van der Waals surface area contributed by atoms with E-state index in [1.54, 1.807) is 6.92 Å². The van der Waals surface area contributed by atoms with Crippen molar-refractivity contribution in [3.8, 4) is 17.3 Å². The van der Waals surface area contributed by atoms with Crippen LogP contribution < -0.4 is 10.5 Å². The average molecular weight is 615 g/mol. The zero-order valence-electron chi connectivity index (χ0n) is 24.6. The van der Waals surface area contributed by atoms with E-state index in [1.165, 1.54) is 34.8 Å². The van der Waals surface area contributed by atoms with Gasteiger partial charge in [0.05, 0.1) is 35.9 Å². The number of ketones is 1. The lowest BCUT2D eigenvalue weighted by Gasteiger charge is -2.43. The van der Waals surface area contributed by atoms with E-state index in [-0.39, 0.29) is 35.7 Å². The van der Waals surface area contributed by atoms with Crippen LogP contribution in [-0.4, -0.2) is 67.4 Å². The van der Waals surface area contributed by atoms with E-state index in [9.17, 15) is 18.7 Å². The number of H-pyrrole nitrogens is 1. The fourth-order valence-electron chi connectivity index (χ4n) is 6.46. The van der Waals surface area contributed by atoms with E-state index in [1.807, 2.05) is 12.1 Å². The molecule has 45 heavy (non-hydrogen) atoms. The molecule has 2 aliphatic rings. The highest BCUT2D eigenvalue weighted by Crippen LogP contribution is 2.34. The number of aryl methyl sites for hydroxylation is 1. The normalized spacial score (nSPS) is 17.5. The third-order valence-electron chi connectivity index (χ3n) is 8.86.